The molecule has 0 bridgehead atoms. The number of benzene rings is 1. The average Bonchev–Trinajstić information content (AvgIpc) is 3.08. The van der Waals surface area contributed by atoms with Crippen molar-refractivity contribution >= 4 is 27.6 Å². The molecule has 0 aliphatic rings. The van der Waals surface area contributed by atoms with Crippen molar-refractivity contribution in [1.82, 2.24) is 15.3 Å². The van der Waals surface area contributed by atoms with Crippen molar-refractivity contribution in [2.45, 2.75) is 25.4 Å². The molecule has 30 heavy (non-hydrogen) atoms. The molecule has 1 aromatic carbocycles. The largest absolute Gasteiger partial charge is 0.483 e. The molecule has 3 aromatic rings. The van der Waals surface area contributed by atoms with Crippen LogP contribution in [0.5, 0.6) is 5.75 Å². The molecule has 0 unspecified atom stereocenters. The van der Waals surface area contributed by atoms with Crippen molar-refractivity contribution in [3.05, 3.63) is 52.2 Å². The Labute approximate surface area is 169 Å². The van der Waals surface area contributed by atoms with Gasteiger partial charge in [-0.05, 0) is 18.2 Å². The first-order chi connectivity index (χ1) is 14.0. The number of thiazole rings is 1. The van der Waals surface area contributed by atoms with Gasteiger partial charge >= 0.3 is 11.8 Å². The molecule has 12 heteroatoms. The molecule has 0 spiro atoms. The Balaban J connectivity index is 1.85. The van der Waals surface area contributed by atoms with Crippen LogP contribution in [0, 0.1) is 11.6 Å². The summed E-state index contributed by atoms with van der Waals surface area (Å²) < 4.78 is 87.3. The number of carbonyl (C=O) groups excluding carboxylic acids is 1. The van der Waals surface area contributed by atoms with Gasteiger partial charge in [0.25, 0.3) is 5.91 Å². The van der Waals surface area contributed by atoms with Gasteiger partial charge in [-0.2, -0.15) is 17.6 Å². The molecule has 0 saturated heterocycles. The number of amides is 1. The van der Waals surface area contributed by atoms with E-state index in [0.29, 0.717) is 6.20 Å². The second kappa shape index (κ2) is 7.74. The van der Waals surface area contributed by atoms with E-state index in [4.69, 9.17) is 4.74 Å². The fourth-order valence-electron chi connectivity index (χ4n) is 2.47. The van der Waals surface area contributed by atoms with E-state index in [1.807, 2.05) is 0 Å². The fraction of sp³-hybridized carbons (Fsp3) is 0.278. The predicted octanol–water partition coefficient (Wildman–Crippen LogP) is 4.66. The third-order valence-electron chi connectivity index (χ3n) is 4.07. The average molecular weight is 449 g/mol. The van der Waals surface area contributed by atoms with Crippen LogP contribution in [0.1, 0.15) is 27.9 Å². The molecule has 0 radical (unpaired) electrons. The van der Waals surface area contributed by atoms with Gasteiger partial charge in [-0.3, -0.25) is 4.79 Å². The summed E-state index contributed by atoms with van der Waals surface area (Å²) in [7, 11) is 1.20. The molecule has 160 valence electrons. The number of rotatable bonds is 6. The standard InChI is InChI=1S/C18H13F6N3O2S/c1-17(21,22)18(23,24)8-5-10-16(26-6-8)30-12(27-10)7-29-11-4-3-9(19)13(14(11)20)15(28)25-2/h3-6H,7H2,1-2H3,(H,25,28). The van der Waals surface area contributed by atoms with Crippen LogP contribution in [0.2, 0.25) is 0 Å². The molecule has 3 rings (SSSR count). The highest BCUT2D eigenvalue weighted by atomic mass is 32.1. The number of hydrogen-bond donors (Lipinski definition) is 1. The summed E-state index contributed by atoms with van der Waals surface area (Å²) >= 11 is 0.912. The van der Waals surface area contributed by atoms with Crippen LogP contribution in [0.25, 0.3) is 10.3 Å². The second-order valence-electron chi connectivity index (χ2n) is 6.22. The quantitative estimate of drug-likeness (QED) is 0.557. The van der Waals surface area contributed by atoms with Crippen LogP contribution in [-0.4, -0.2) is 28.8 Å². The fourth-order valence-corrected chi connectivity index (χ4v) is 3.27. The van der Waals surface area contributed by atoms with Crippen LogP contribution in [0.15, 0.2) is 24.4 Å². The maximum atomic E-state index is 14.4. The normalized spacial score (nSPS) is 12.3. The topological polar surface area (TPSA) is 64.1 Å². The Kier molecular flexibility index (Phi) is 5.63. The maximum Gasteiger partial charge on any atom is 0.336 e. The Morgan fingerprint density at radius 1 is 1.23 bits per heavy atom. The van der Waals surface area contributed by atoms with Crippen LogP contribution in [-0.2, 0) is 12.5 Å². The van der Waals surface area contributed by atoms with E-state index in [1.54, 1.807) is 0 Å². The minimum Gasteiger partial charge on any atom is -0.483 e. The molecule has 0 fully saturated rings. The van der Waals surface area contributed by atoms with Gasteiger partial charge in [0.1, 0.15) is 33.3 Å². The summed E-state index contributed by atoms with van der Waals surface area (Å²) in [6, 6.07) is 2.62. The molecule has 0 aliphatic carbocycles. The summed E-state index contributed by atoms with van der Waals surface area (Å²) in [4.78, 5) is 19.5. The predicted molar refractivity (Wildman–Crippen MR) is 96.0 cm³/mol. The number of alkyl halides is 4. The highest BCUT2D eigenvalue weighted by molar-refractivity contribution is 7.18. The van der Waals surface area contributed by atoms with Crippen molar-refractivity contribution < 1.29 is 35.9 Å². The molecule has 2 heterocycles. The summed E-state index contributed by atoms with van der Waals surface area (Å²) in [5.41, 5.74) is -1.89. The van der Waals surface area contributed by atoms with Crippen molar-refractivity contribution in [2.24, 2.45) is 0 Å². The lowest BCUT2D eigenvalue weighted by Gasteiger charge is -2.22. The molecule has 1 N–H and O–H groups in total. The number of fused-ring (bicyclic) bond motifs is 1. The number of halogens is 6. The monoisotopic (exact) mass is 449 g/mol. The Morgan fingerprint density at radius 2 is 1.93 bits per heavy atom. The van der Waals surface area contributed by atoms with Gasteiger partial charge in [0.2, 0.25) is 0 Å². The number of nitrogens with one attached hydrogen (secondary N) is 1. The molecular formula is C18H13F6N3O2S. The van der Waals surface area contributed by atoms with E-state index in [-0.39, 0.29) is 28.9 Å². The van der Waals surface area contributed by atoms with E-state index in [2.05, 4.69) is 15.3 Å². The number of aromatic nitrogens is 2. The zero-order valence-corrected chi connectivity index (χ0v) is 16.2. The van der Waals surface area contributed by atoms with Crippen molar-refractivity contribution in [2.75, 3.05) is 7.05 Å². The van der Waals surface area contributed by atoms with Crippen molar-refractivity contribution in [3.8, 4) is 5.75 Å². The maximum absolute atomic E-state index is 14.4. The third kappa shape index (κ3) is 3.91. The van der Waals surface area contributed by atoms with Crippen LogP contribution < -0.4 is 10.1 Å². The molecule has 5 nitrogen and oxygen atoms in total. The van der Waals surface area contributed by atoms with Crippen molar-refractivity contribution in [1.29, 1.82) is 0 Å². The van der Waals surface area contributed by atoms with Gasteiger partial charge in [-0.15, -0.1) is 0 Å². The summed E-state index contributed by atoms with van der Waals surface area (Å²) in [6.07, 6.45) is 0.637. The van der Waals surface area contributed by atoms with Gasteiger partial charge in [0, 0.05) is 25.7 Å². The lowest BCUT2D eigenvalue weighted by molar-refractivity contribution is -0.204. The Morgan fingerprint density at radius 3 is 2.57 bits per heavy atom. The molecular weight excluding hydrogens is 436 g/mol. The number of ether oxygens (including phenoxy) is 1. The first-order valence-electron chi connectivity index (χ1n) is 8.30. The van der Waals surface area contributed by atoms with Crippen LogP contribution in [0.3, 0.4) is 0 Å². The molecule has 0 aliphatic heterocycles. The second-order valence-corrected chi connectivity index (χ2v) is 7.28. The van der Waals surface area contributed by atoms with E-state index in [1.165, 1.54) is 7.05 Å². The number of hydrogen-bond acceptors (Lipinski definition) is 5. The third-order valence-corrected chi connectivity index (χ3v) is 5.02. The Hall–Kier alpha value is -2.89. The smallest absolute Gasteiger partial charge is 0.336 e. The van der Waals surface area contributed by atoms with E-state index < -0.39 is 46.3 Å². The molecule has 0 atom stereocenters. The number of pyridine rings is 1. The van der Waals surface area contributed by atoms with Gasteiger partial charge < -0.3 is 10.1 Å². The minimum absolute atomic E-state index is 0.0642. The van der Waals surface area contributed by atoms with E-state index in [9.17, 15) is 31.1 Å². The van der Waals surface area contributed by atoms with Crippen LogP contribution >= 0.6 is 11.3 Å². The highest BCUT2D eigenvalue weighted by Crippen LogP contribution is 2.43. The number of nitrogens with zero attached hydrogens (tertiary/aromatic N) is 2. The molecule has 2 aromatic heterocycles. The summed E-state index contributed by atoms with van der Waals surface area (Å²) in [5, 5.41) is 2.27. The Bertz CT molecular complexity index is 1110. The van der Waals surface area contributed by atoms with Gasteiger partial charge in [0.15, 0.2) is 11.6 Å². The first-order valence-corrected chi connectivity index (χ1v) is 9.11. The summed E-state index contributed by atoms with van der Waals surface area (Å²) in [5.74, 6) is -12.5. The lowest BCUT2D eigenvalue weighted by Crippen LogP contribution is -2.34. The van der Waals surface area contributed by atoms with E-state index >= 15 is 0 Å². The van der Waals surface area contributed by atoms with Gasteiger partial charge in [-0.1, -0.05) is 11.3 Å². The first kappa shape index (κ1) is 21.8. The van der Waals surface area contributed by atoms with Gasteiger partial charge in [0.05, 0.1) is 0 Å². The zero-order chi connectivity index (χ0) is 22.3. The number of carbonyl (C=O) groups is 1. The van der Waals surface area contributed by atoms with E-state index in [0.717, 1.165) is 29.5 Å². The lowest BCUT2D eigenvalue weighted by atomic mass is 10.1. The SMILES string of the molecule is CNC(=O)c1c(F)ccc(OCc2nc3cc(C(F)(F)C(C)(F)F)cnc3s2)c1F. The highest BCUT2D eigenvalue weighted by Gasteiger charge is 2.53. The van der Waals surface area contributed by atoms with Crippen LogP contribution in [0.4, 0.5) is 26.3 Å². The summed E-state index contributed by atoms with van der Waals surface area (Å²) in [6.45, 7) is -0.256. The molecule has 0 saturated carbocycles. The van der Waals surface area contributed by atoms with Gasteiger partial charge in [-0.25, -0.2) is 18.7 Å². The molecule has 1 amide bonds. The minimum atomic E-state index is -4.44. The van der Waals surface area contributed by atoms with Crippen molar-refractivity contribution in [3.63, 3.8) is 0 Å². The zero-order valence-electron chi connectivity index (χ0n) is 15.4.